The third-order valence-corrected chi connectivity index (χ3v) is 7.06. The maximum absolute atomic E-state index is 9.74. The summed E-state index contributed by atoms with van der Waals surface area (Å²) in [6.07, 6.45) is 0. The lowest BCUT2D eigenvalue weighted by atomic mass is 9.85. The molecular weight excluding hydrogens is 544 g/mol. The molecule has 0 bridgehead atoms. The molecule has 45 heavy (non-hydrogen) atoms. The van der Waals surface area contributed by atoms with Crippen LogP contribution in [0.3, 0.4) is 0 Å². The number of fused-ring (bicyclic) bond motifs is 5. The van der Waals surface area contributed by atoms with Crippen molar-refractivity contribution in [3.63, 3.8) is 0 Å². The van der Waals surface area contributed by atoms with E-state index in [0.29, 0.717) is 0 Å². The standard InChI is InChI=1S/C44H28O/c1-3-13-29(14-4-1)31-17-11-18-32(27-31)42-36-19-7-9-21-38(36)43(39-22-10-8-20-37(39)42)33-25-26-35-40-24-12-23-34(30-15-5-2-6-16-30)44(40)45-41(35)28-33/h1-28H/i1D,2D,3D,4D,5D,6D,7D,8D,9D,10D,11D,12D,13D,14D,15D,16D,17D,18D,19D,20D,21D,22D,23D,24D,25D,26D,27D,28D. The van der Waals surface area contributed by atoms with Crippen LogP contribution in [0.4, 0.5) is 0 Å². The van der Waals surface area contributed by atoms with E-state index in [1.807, 2.05) is 0 Å². The molecule has 0 radical (unpaired) electrons. The number of para-hydroxylation sites is 1. The first kappa shape index (κ1) is 10.1. The Morgan fingerprint density at radius 1 is 0.333 bits per heavy atom. The molecule has 9 aromatic rings. The Balaban J connectivity index is 1.57. The van der Waals surface area contributed by atoms with Gasteiger partial charge in [-0.25, -0.2) is 0 Å². The second kappa shape index (κ2) is 10.4. The molecule has 8 aromatic carbocycles. The van der Waals surface area contributed by atoms with Crippen molar-refractivity contribution < 1.29 is 42.8 Å². The summed E-state index contributed by atoms with van der Waals surface area (Å²) in [6, 6.07) is -26.6. The van der Waals surface area contributed by atoms with Gasteiger partial charge in [0, 0.05) is 16.3 Å². The van der Waals surface area contributed by atoms with Gasteiger partial charge >= 0.3 is 0 Å². The van der Waals surface area contributed by atoms with E-state index in [1.165, 1.54) is 0 Å². The fraction of sp³-hybridized carbons (Fsp3) is 0. The van der Waals surface area contributed by atoms with Crippen LogP contribution in [-0.4, -0.2) is 0 Å². The van der Waals surface area contributed by atoms with Gasteiger partial charge in [0.25, 0.3) is 0 Å². The van der Waals surface area contributed by atoms with Crippen LogP contribution in [-0.2, 0) is 0 Å². The molecule has 0 aliphatic carbocycles. The van der Waals surface area contributed by atoms with Crippen LogP contribution >= 0.6 is 0 Å². The molecule has 0 saturated heterocycles. The quantitative estimate of drug-likeness (QED) is 0.183. The Hall–Kier alpha value is -5.92. The zero-order chi connectivity index (χ0) is 54.1. The van der Waals surface area contributed by atoms with Crippen molar-refractivity contribution in [1.82, 2.24) is 0 Å². The van der Waals surface area contributed by atoms with E-state index in [0.717, 1.165) is 0 Å². The minimum atomic E-state index is -1.06. The number of furan rings is 1. The first-order chi connectivity index (χ1) is 34.0. The minimum Gasteiger partial charge on any atom is -0.455 e. The third-order valence-electron chi connectivity index (χ3n) is 7.06. The largest absolute Gasteiger partial charge is 0.455 e. The molecule has 0 aliphatic rings. The second-order valence-corrected chi connectivity index (χ2v) is 9.51. The SMILES string of the molecule is [2H]c1c([2H])c([2H])c(-c2c([2H])c([2H])c([2H])c(-c3c4c([2H])c([2H])c([2H])c([2H])c4c(-c4c([2H])c([2H])c5c(oc6c(-c7c([2H])c([2H])c([2H])c([2H])c7[2H])c([2H])c([2H])c([2H])c65)c4[2H])c4c([2H])c([2H])c([2H])c([2H])c34)c2[2H])c([2H])c1[2H]. The van der Waals surface area contributed by atoms with E-state index >= 15 is 0 Å². The topological polar surface area (TPSA) is 13.1 Å². The monoisotopic (exact) mass is 600 g/mol. The van der Waals surface area contributed by atoms with Gasteiger partial charge in [0.1, 0.15) is 11.2 Å². The molecule has 0 atom stereocenters. The van der Waals surface area contributed by atoms with Crippen molar-refractivity contribution in [2.75, 3.05) is 0 Å². The summed E-state index contributed by atoms with van der Waals surface area (Å²) in [5, 5.41) is -4.13. The van der Waals surface area contributed by atoms with E-state index in [1.54, 1.807) is 0 Å². The Labute approximate surface area is 301 Å². The summed E-state index contributed by atoms with van der Waals surface area (Å²) in [5.41, 5.74) is -7.50. The number of hydrogen-bond donors (Lipinski definition) is 0. The van der Waals surface area contributed by atoms with Crippen molar-refractivity contribution in [2.45, 2.75) is 0 Å². The highest BCUT2D eigenvalue weighted by molar-refractivity contribution is 6.22. The molecule has 0 fully saturated rings. The fourth-order valence-corrected chi connectivity index (χ4v) is 5.19. The number of hydrogen-bond acceptors (Lipinski definition) is 1. The van der Waals surface area contributed by atoms with Gasteiger partial charge in [-0.05, 0) is 78.6 Å². The highest BCUT2D eigenvalue weighted by Crippen LogP contribution is 2.45. The van der Waals surface area contributed by atoms with Gasteiger partial charge in [-0.15, -0.1) is 0 Å². The normalized spacial score (nSPS) is 20.3. The zero-order valence-corrected chi connectivity index (χ0v) is 22.4. The first-order valence-electron chi connectivity index (χ1n) is 27.2. The Morgan fingerprint density at radius 3 is 1.47 bits per heavy atom. The van der Waals surface area contributed by atoms with Crippen molar-refractivity contribution in [3.8, 4) is 44.5 Å². The van der Waals surface area contributed by atoms with Crippen LogP contribution in [0.15, 0.2) is 174 Å². The highest BCUT2D eigenvalue weighted by atomic mass is 16.3. The summed E-state index contributed by atoms with van der Waals surface area (Å²) in [4.78, 5) is 0. The highest BCUT2D eigenvalue weighted by Gasteiger charge is 2.19. The predicted molar refractivity (Wildman–Crippen MR) is 190 cm³/mol. The predicted octanol–water partition coefficient (Wildman–Crippen LogP) is 12.6. The Bertz CT molecular complexity index is 3980. The van der Waals surface area contributed by atoms with Gasteiger partial charge in [-0.3, -0.25) is 0 Å². The van der Waals surface area contributed by atoms with Crippen LogP contribution in [0.1, 0.15) is 38.4 Å². The molecule has 9 rings (SSSR count). The lowest BCUT2D eigenvalue weighted by Crippen LogP contribution is -1.91. The smallest absolute Gasteiger partial charge is 0.143 e. The van der Waals surface area contributed by atoms with Crippen LogP contribution in [0.2, 0.25) is 0 Å². The van der Waals surface area contributed by atoms with Crippen molar-refractivity contribution in [3.05, 3.63) is 169 Å². The molecule has 1 heteroatoms. The maximum atomic E-state index is 9.74. The summed E-state index contributed by atoms with van der Waals surface area (Å²) in [5.74, 6) is 0. The molecule has 1 heterocycles. The van der Waals surface area contributed by atoms with Crippen LogP contribution in [0.25, 0.3) is 88.0 Å². The van der Waals surface area contributed by atoms with Crippen LogP contribution in [0, 0.1) is 0 Å². The molecule has 0 unspecified atom stereocenters. The van der Waals surface area contributed by atoms with E-state index < -0.39 is 257 Å². The zero-order valence-electron chi connectivity index (χ0n) is 50.4. The molecule has 1 aromatic heterocycles. The molecule has 0 saturated carbocycles. The molecule has 1 nitrogen and oxygen atoms in total. The van der Waals surface area contributed by atoms with Crippen LogP contribution < -0.4 is 0 Å². The van der Waals surface area contributed by atoms with Gasteiger partial charge < -0.3 is 4.42 Å². The van der Waals surface area contributed by atoms with Crippen LogP contribution in [0.5, 0.6) is 0 Å². The summed E-state index contributed by atoms with van der Waals surface area (Å²) >= 11 is 0. The van der Waals surface area contributed by atoms with E-state index in [-0.39, 0.29) is 0 Å². The molecular formula is C44H28O. The van der Waals surface area contributed by atoms with Crippen molar-refractivity contribution in [2.24, 2.45) is 0 Å². The molecule has 210 valence electrons. The van der Waals surface area contributed by atoms with Crippen molar-refractivity contribution in [1.29, 1.82) is 0 Å². The third kappa shape index (κ3) is 4.17. The van der Waals surface area contributed by atoms with Gasteiger partial charge in [-0.2, -0.15) is 0 Å². The average Bonchev–Trinajstić information content (AvgIpc) is 3.77. The summed E-state index contributed by atoms with van der Waals surface area (Å²) in [7, 11) is 0. The van der Waals surface area contributed by atoms with E-state index in [2.05, 4.69) is 0 Å². The molecule has 0 amide bonds. The minimum absolute atomic E-state index is 0.518. The Morgan fingerprint density at radius 2 is 0.822 bits per heavy atom. The maximum Gasteiger partial charge on any atom is 0.143 e. The Kier molecular flexibility index (Phi) is 2.32. The van der Waals surface area contributed by atoms with Gasteiger partial charge in [0.15, 0.2) is 0 Å². The van der Waals surface area contributed by atoms with E-state index in [4.69, 9.17) is 30.5 Å². The van der Waals surface area contributed by atoms with Crippen molar-refractivity contribution >= 4 is 43.5 Å². The molecule has 0 spiro atoms. The van der Waals surface area contributed by atoms with E-state index in [9.17, 15) is 12.3 Å². The lowest BCUT2D eigenvalue weighted by Gasteiger charge is -2.18. The van der Waals surface area contributed by atoms with Gasteiger partial charge in [0.2, 0.25) is 0 Å². The number of benzene rings is 8. The molecule has 0 N–H and O–H groups in total. The van der Waals surface area contributed by atoms with Gasteiger partial charge in [-0.1, -0.05) is 151 Å². The van der Waals surface area contributed by atoms with Gasteiger partial charge in [0.05, 0.1) is 38.4 Å². The molecule has 0 aliphatic heterocycles. The first-order valence-corrected chi connectivity index (χ1v) is 13.2. The average molecular weight is 601 g/mol. The number of rotatable bonds is 4. The second-order valence-electron chi connectivity index (χ2n) is 9.51. The summed E-state index contributed by atoms with van der Waals surface area (Å²) < 4.78 is 255. The fourth-order valence-electron chi connectivity index (χ4n) is 5.19. The summed E-state index contributed by atoms with van der Waals surface area (Å²) in [6.45, 7) is 0. The lowest BCUT2D eigenvalue weighted by molar-refractivity contribution is 0.670.